The molecule has 4 rings (SSSR count). The number of halogens is 1. The lowest BCUT2D eigenvalue weighted by atomic mass is 9.90. The predicted octanol–water partition coefficient (Wildman–Crippen LogP) is 0.651. The lowest BCUT2D eigenvalue weighted by molar-refractivity contribution is -0.137. The molecule has 2 N–H and O–H groups in total. The van der Waals surface area contributed by atoms with E-state index in [-0.39, 0.29) is 29.1 Å². The van der Waals surface area contributed by atoms with Gasteiger partial charge >= 0.3 is 6.03 Å². The maximum atomic E-state index is 13.4. The normalized spacial score (nSPS) is 26.9. The van der Waals surface area contributed by atoms with Crippen LogP contribution in [0.1, 0.15) is 18.4 Å². The molecule has 0 saturated carbocycles. The summed E-state index contributed by atoms with van der Waals surface area (Å²) < 4.78 is 43.3. The maximum absolute atomic E-state index is 13.4. The number of nitrogens with one attached hydrogen (secondary N) is 2. The van der Waals surface area contributed by atoms with Crippen LogP contribution in [0.3, 0.4) is 0 Å². The molecule has 0 spiro atoms. The summed E-state index contributed by atoms with van der Waals surface area (Å²) in [6.07, 6.45) is 2.52. The van der Waals surface area contributed by atoms with Crippen molar-refractivity contribution in [3.8, 4) is 0 Å². The number of benzene rings is 1. The molecule has 35 heavy (non-hydrogen) atoms. The number of morpholine rings is 1. The number of hydrogen-bond acceptors (Lipinski definition) is 6. The average Bonchev–Trinajstić information content (AvgIpc) is 3.14. The summed E-state index contributed by atoms with van der Waals surface area (Å²) in [6, 6.07) is 5.20. The second kappa shape index (κ2) is 11.7. The lowest BCUT2D eigenvalue weighted by Gasteiger charge is -2.35. The first-order valence-electron chi connectivity index (χ1n) is 12.4. The monoisotopic (exact) mass is 510 g/mol. The molecule has 3 saturated heterocycles. The van der Waals surface area contributed by atoms with Gasteiger partial charge in [-0.05, 0) is 42.9 Å². The summed E-state index contributed by atoms with van der Waals surface area (Å²) in [5.74, 6) is -1.52. The predicted molar refractivity (Wildman–Crippen MR) is 129 cm³/mol. The number of likely N-dealkylation sites (tertiary alicyclic amines) is 1. The minimum absolute atomic E-state index is 0.214. The summed E-state index contributed by atoms with van der Waals surface area (Å²) in [5.41, 5.74) is 1.02. The van der Waals surface area contributed by atoms with E-state index in [1.807, 2.05) is 0 Å². The van der Waals surface area contributed by atoms with Gasteiger partial charge in [0.15, 0.2) is 9.84 Å². The molecule has 11 heteroatoms. The van der Waals surface area contributed by atoms with E-state index < -0.39 is 27.8 Å². The van der Waals surface area contributed by atoms with Gasteiger partial charge < -0.3 is 20.3 Å². The van der Waals surface area contributed by atoms with Crippen molar-refractivity contribution in [3.05, 3.63) is 35.6 Å². The molecule has 0 radical (unpaired) electrons. The maximum Gasteiger partial charge on any atom is 0.315 e. The smallest absolute Gasteiger partial charge is 0.315 e. The van der Waals surface area contributed by atoms with Gasteiger partial charge in [0.1, 0.15) is 5.82 Å². The fraction of sp³-hybridized carbons (Fsp3) is 0.667. The zero-order chi connectivity index (χ0) is 24.8. The van der Waals surface area contributed by atoms with Crippen LogP contribution in [0.5, 0.6) is 0 Å². The summed E-state index contributed by atoms with van der Waals surface area (Å²) in [7, 11) is -3.43. The van der Waals surface area contributed by atoms with Gasteiger partial charge in [0.05, 0.1) is 36.7 Å². The van der Waals surface area contributed by atoms with Crippen LogP contribution < -0.4 is 10.6 Å². The Labute approximate surface area is 206 Å². The molecule has 1 aromatic rings. The average molecular weight is 511 g/mol. The number of carbonyl (C=O) groups is 2. The standard InChI is InChI=1S/C24H35FN4O5S/c25-20-5-3-18(4-6-20)14-19-2-1-8-29(15-19)23(30)21-16-35(32,33)17-22(21)27-24(31)26-7-9-28-10-12-34-13-11-28/h3-6,19,21-22H,1-2,7-17H2,(H2,26,27,31)/t19?,21-,22-/m0/s1. The fourth-order valence-electron chi connectivity index (χ4n) is 5.23. The molecule has 3 aliphatic heterocycles. The van der Waals surface area contributed by atoms with Crippen LogP contribution in [-0.4, -0.2) is 100 Å². The molecular formula is C24H35FN4O5S. The SMILES string of the molecule is O=C(NCCN1CCOCC1)N[C@H]1CS(=O)(=O)C[C@@H]1C(=O)N1CCCC(Cc2ccc(F)cc2)C1. The molecular weight excluding hydrogens is 475 g/mol. The van der Waals surface area contributed by atoms with E-state index in [9.17, 15) is 22.4 Å². The van der Waals surface area contributed by atoms with E-state index in [0.717, 1.165) is 37.9 Å². The quantitative estimate of drug-likeness (QED) is 0.558. The molecule has 0 bridgehead atoms. The number of ether oxygens (including phenoxy) is 1. The Balaban J connectivity index is 1.30. The number of amides is 3. The van der Waals surface area contributed by atoms with E-state index in [1.165, 1.54) is 12.1 Å². The van der Waals surface area contributed by atoms with Crippen LogP contribution in [0.2, 0.25) is 0 Å². The van der Waals surface area contributed by atoms with Crippen LogP contribution in [0, 0.1) is 17.7 Å². The van der Waals surface area contributed by atoms with Crippen LogP contribution in [0.15, 0.2) is 24.3 Å². The van der Waals surface area contributed by atoms with Crippen LogP contribution in [0.4, 0.5) is 9.18 Å². The zero-order valence-electron chi connectivity index (χ0n) is 20.0. The van der Waals surface area contributed by atoms with Crippen molar-refractivity contribution < 1.29 is 27.1 Å². The molecule has 3 heterocycles. The van der Waals surface area contributed by atoms with Gasteiger partial charge in [-0.2, -0.15) is 0 Å². The van der Waals surface area contributed by atoms with Gasteiger partial charge in [-0.1, -0.05) is 12.1 Å². The number of hydrogen-bond donors (Lipinski definition) is 2. The van der Waals surface area contributed by atoms with E-state index in [4.69, 9.17) is 4.74 Å². The number of sulfone groups is 1. The van der Waals surface area contributed by atoms with Gasteiger partial charge in [-0.15, -0.1) is 0 Å². The Bertz CT molecular complexity index is 984. The van der Waals surface area contributed by atoms with Gasteiger partial charge in [-0.3, -0.25) is 9.69 Å². The molecule has 3 aliphatic rings. The van der Waals surface area contributed by atoms with Crippen molar-refractivity contribution in [1.29, 1.82) is 0 Å². The second-order valence-electron chi connectivity index (χ2n) is 9.77. The summed E-state index contributed by atoms with van der Waals surface area (Å²) >= 11 is 0. The highest BCUT2D eigenvalue weighted by atomic mass is 32.2. The van der Waals surface area contributed by atoms with Crippen molar-refractivity contribution in [2.45, 2.75) is 25.3 Å². The molecule has 0 aromatic heterocycles. The molecule has 3 atom stereocenters. The van der Waals surface area contributed by atoms with E-state index in [0.29, 0.717) is 39.4 Å². The highest BCUT2D eigenvalue weighted by Crippen LogP contribution is 2.26. The van der Waals surface area contributed by atoms with Gasteiger partial charge in [0.2, 0.25) is 5.91 Å². The first kappa shape index (κ1) is 25.8. The van der Waals surface area contributed by atoms with Crippen molar-refractivity contribution in [2.24, 2.45) is 11.8 Å². The second-order valence-corrected chi connectivity index (χ2v) is 11.9. The Morgan fingerprint density at radius 3 is 2.57 bits per heavy atom. The molecule has 3 amide bonds. The molecule has 194 valence electrons. The summed E-state index contributed by atoms with van der Waals surface area (Å²) in [5, 5.41) is 5.53. The van der Waals surface area contributed by atoms with Crippen molar-refractivity contribution in [1.82, 2.24) is 20.4 Å². The van der Waals surface area contributed by atoms with Crippen molar-refractivity contribution in [2.75, 3.05) is 64.0 Å². The summed E-state index contributed by atoms with van der Waals surface area (Å²) in [6.45, 7) is 5.22. The van der Waals surface area contributed by atoms with E-state index >= 15 is 0 Å². The van der Waals surface area contributed by atoms with Crippen molar-refractivity contribution >= 4 is 21.8 Å². The largest absolute Gasteiger partial charge is 0.379 e. The molecule has 9 nitrogen and oxygen atoms in total. The summed E-state index contributed by atoms with van der Waals surface area (Å²) in [4.78, 5) is 29.8. The van der Waals surface area contributed by atoms with Crippen LogP contribution >= 0.6 is 0 Å². The molecule has 1 unspecified atom stereocenters. The van der Waals surface area contributed by atoms with Gasteiger partial charge in [0.25, 0.3) is 0 Å². The minimum Gasteiger partial charge on any atom is -0.379 e. The van der Waals surface area contributed by atoms with Crippen LogP contribution in [-0.2, 0) is 25.8 Å². The Morgan fingerprint density at radius 2 is 1.83 bits per heavy atom. The fourth-order valence-corrected chi connectivity index (χ4v) is 7.15. The molecule has 1 aromatic carbocycles. The van der Waals surface area contributed by atoms with E-state index in [2.05, 4.69) is 15.5 Å². The highest BCUT2D eigenvalue weighted by Gasteiger charge is 2.44. The topological polar surface area (TPSA) is 108 Å². The first-order chi connectivity index (χ1) is 16.8. The third-order valence-electron chi connectivity index (χ3n) is 7.07. The lowest BCUT2D eigenvalue weighted by Crippen LogP contribution is -2.52. The minimum atomic E-state index is -3.43. The zero-order valence-corrected chi connectivity index (χ0v) is 20.8. The highest BCUT2D eigenvalue weighted by molar-refractivity contribution is 7.91. The third kappa shape index (κ3) is 7.37. The number of carbonyl (C=O) groups excluding carboxylic acids is 2. The van der Waals surface area contributed by atoms with Crippen LogP contribution in [0.25, 0.3) is 0 Å². The number of rotatable bonds is 7. The molecule has 0 aliphatic carbocycles. The van der Waals surface area contributed by atoms with Crippen molar-refractivity contribution in [3.63, 3.8) is 0 Å². The van der Waals surface area contributed by atoms with E-state index in [1.54, 1.807) is 17.0 Å². The third-order valence-corrected chi connectivity index (χ3v) is 8.81. The first-order valence-corrected chi connectivity index (χ1v) is 14.2. The Kier molecular flexibility index (Phi) is 8.61. The van der Waals surface area contributed by atoms with Gasteiger partial charge in [0, 0.05) is 39.3 Å². The Morgan fingerprint density at radius 1 is 1.09 bits per heavy atom. The molecule has 3 fully saturated rings. The Hall–Kier alpha value is -2.24. The number of urea groups is 1. The number of piperidine rings is 1. The van der Waals surface area contributed by atoms with Gasteiger partial charge in [-0.25, -0.2) is 17.6 Å². The number of nitrogens with zero attached hydrogens (tertiary/aromatic N) is 2.